The van der Waals surface area contributed by atoms with E-state index in [0.717, 1.165) is 44.7 Å². The molecule has 0 saturated heterocycles. The Balaban J connectivity index is 1.77. The normalized spacial score (nSPS) is 11.2. The van der Waals surface area contributed by atoms with Crippen LogP contribution < -0.4 is 0 Å². The molecule has 114 valence electrons. The maximum absolute atomic E-state index is 5.42. The fourth-order valence-electron chi connectivity index (χ4n) is 2.47. The van der Waals surface area contributed by atoms with Gasteiger partial charge < -0.3 is 9.40 Å². The summed E-state index contributed by atoms with van der Waals surface area (Å²) in [5.74, 6) is 2.43. The quantitative estimate of drug-likeness (QED) is 0.432. The molecule has 0 radical (unpaired) electrons. The van der Waals surface area contributed by atoms with Crippen LogP contribution in [0.3, 0.4) is 0 Å². The smallest absolute Gasteiger partial charge is 0.162 e. The van der Waals surface area contributed by atoms with E-state index < -0.39 is 0 Å². The van der Waals surface area contributed by atoms with Crippen molar-refractivity contribution in [1.29, 1.82) is 0 Å². The minimum absolute atomic E-state index is 0.738. The number of H-pyrrole nitrogens is 1. The lowest BCUT2D eigenvalue weighted by Crippen LogP contribution is -1.93. The van der Waals surface area contributed by atoms with Gasteiger partial charge in [0.25, 0.3) is 0 Å². The standard InChI is InChI=1S/C18H15N3OS/c1-12-10-15-17(19-12)20-16(13-6-3-2-4-7-13)21-18(15)23-11-14-8-5-9-22-14/h2-10H,11H2,1H3,(H,19,20,21). The van der Waals surface area contributed by atoms with Crippen LogP contribution >= 0.6 is 11.8 Å². The first-order chi connectivity index (χ1) is 11.3. The number of aromatic nitrogens is 3. The molecule has 1 N–H and O–H groups in total. The molecule has 4 aromatic rings. The summed E-state index contributed by atoms with van der Waals surface area (Å²) in [6, 6.07) is 16.0. The molecule has 5 heteroatoms. The molecule has 23 heavy (non-hydrogen) atoms. The van der Waals surface area contributed by atoms with Crippen LogP contribution in [0.1, 0.15) is 11.5 Å². The predicted octanol–water partition coefficient (Wildman–Crippen LogP) is 4.82. The zero-order valence-electron chi connectivity index (χ0n) is 12.6. The summed E-state index contributed by atoms with van der Waals surface area (Å²) >= 11 is 1.66. The second kappa shape index (κ2) is 5.93. The Bertz CT molecular complexity index is 930. The zero-order chi connectivity index (χ0) is 15.6. The number of hydrogen-bond donors (Lipinski definition) is 1. The molecule has 1 aromatic carbocycles. The van der Waals surface area contributed by atoms with Gasteiger partial charge in [-0.2, -0.15) is 0 Å². The van der Waals surface area contributed by atoms with Gasteiger partial charge in [0.05, 0.1) is 17.4 Å². The van der Waals surface area contributed by atoms with Crippen molar-refractivity contribution in [2.75, 3.05) is 0 Å². The van der Waals surface area contributed by atoms with E-state index in [-0.39, 0.29) is 0 Å². The van der Waals surface area contributed by atoms with Crippen molar-refractivity contribution in [3.05, 3.63) is 66.2 Å². The molecule has 0 bridgehead atoms. The van der Waals surface area contributed by atoms with E-state index in [9.17, 15) is 0 Å². The Labute approximate surface area is 138 Å². The molecule has 0 fully saturated rings. The highest BCUT2D eigenvalue weighted by Crippen LogP contribution is 2.30. The van der Waals surface area contributed by atoms with Gasteiger partial charge in [-0.05, 0) is 25.1 Å². The topological polar surface area (TPSA) is 54.7 Å². The number of nitrogens with zero attached hydrogens (tertiary/aromatic N) is 2. The van der Waals surface area contributed by atoms with Gasteiger partial charge in [-0.3, -0.25) is 0 Å². The highest BCUT2D eigenvalue weighted by atomic mass is 32.2. The third-order valence-corrected chi connectivity index (χ3v) is 4.56. The van der Waals surface area contributed by atoms with Gasteiger partial charge in [0.15, 0.2) is 5.82 Å². The first kappa shape index (κ1) is 14.1. The van der Waals surface area contributed by atoms with Gasteiger partial charge >= 0.3 is 0 Å². The molecule has 0 unspecified atom stereocenters. The molecule has 0 aliphatic rings. The lowest BCUT2D eigenvalue weighted by atomic mass is 10.2. The average molecular weight is 321 g/mol. The number of fused-ring (bicyclic) bond motifs is 1. The molecule has 0 saturated carbocycles. The first-order valence-corrected chi connectivity index (χ1v) is 8.36. The summed E-state index contributed by atoms with van der Waals surface area (Å²) in [7, 11) is 0. The molecule has 0 atom stereocenters. The number of nitrogens with one attached hydrogen (secondary N) is 1. The van der Waals surface area contributed by atoms with Gasteiger partial charge in [-0.15, -0.1) is 0 Å². The lowest BCUT2D eigenvalue weighted by molar-refractivity contribution is 0.530. The van der Waals surface area contributed by atoms with E-state index in [1.54, 1.807) is 18.0 Å². The summed E-state index contributed by atoms with van der Waals surface area (Å²) in [5, 5.41) is 2.02. The second-order valence-electron chi connectivity index (χ2n) is 5.30. The number of benzene rings is 1. The summed E-state index contributed by atoms with van der Waals surface area (Å²) in [6.07, 6.45) is 1.70. The van der Waals surface area contributed by atoms with Gasteiger partial charge in [0.2, 0.25) is 0 Å². The van der Waals surface area contributed by atoms with Crippen LogP contribution in [-0.4, -0.2) is 15.0 Å². The minimum atomic E-state index is 0.738. The van der Waals surface area contributed by atoms with E-state index in [4.69, 9.17) is 9.40 Å². The maximum Gasteiger partial charge on any atom is 0.162 e. The molecular weight excluding hydrogens is 306 g/mol. The van der Waals surface area contributed by atoms with Crippen molar-refractivity contribution in [3.63, 3.8) is 0 Å². The molecule has 0 spiro atoms. The summed E-state index contributed by atoms with van der Waals surface area (Å²) in [5.41, 5.74) is 2.97. The van der Waals surface area contributed by atoms with E-state index in [1.165, 1.54) is 0 Å². The summed E-state index contributed by atoms with van der Waals surface area (Å²) < 4.78 is 5.42. The third kappa shape index (κ3) is 2.87. The van der Waals surface area contributed by atoms with Crippen LogP contribution in [0.5, 0.6) is 0 Å². The molecule has 4 nitrogen and oxygen atoms in total. The van der Waals surface area contributed by atoms with Gasteiger partial charge in [-0.1, -0.05) is 42.1 Å². The van der Waals surface area contributed by atoms with Crippen molar-refractivity contribution >= 4 is 22.8 Å². The molecule has 0 aliphatic carbocycles. The van der Waals surface area contributed by atoms with Gasteiger partial charge in [-0.25, -0.2) is 9.97 Å². The van der Waals surface area contributed by atoms with Crippen LogP contribution in [0.4, 0.5) is 0 Å². The molecule has 3 heterocycles. The largest absolute Gasteiger partial charge is 0.468 e. The monoisotopic (exact) mass is 321 g/mol. The SMILES string of the molecule is Cc1cc2c(SCc3ccco3)nc(-c3ccccc3)nc2[nH]1. The Kier molecular flexibility index (Phi) is 3.63. The van der Waals surface area contributed by atoms with Crippen molar-refractivity contribution in [1.82, 2.24) is 15.0 Å². The summed E-state index contributed by atoms with van der Waals surface area (Å²) in [4.78, 5) is 12.8. The average Bonchev–Trinajstić information content (AvgIpc) is 3.21. The number of furan rings is 1. The Hall–Kier alpha value is -2.53. The highest BCUT2D eigenvalue weighted by molar-refractivity contribution is 7.98. The van der Waals surface area contributed by atoms with E-state index in [1.807, 2.05) is 49.4 Å². The minimum Gasteiger partial charge on any atom is -0.468 e. The number of aryl methyl sites for hydroxylation is 1. The van der Waals surface area contributed by atoms with Crippen LogP contribution in [-0.2, 0) is 5.75 Å². The van der Waals surface area contributed by atoms with Crippen LogP contribution in [0.25, 0.3) is 22.4 Å². The van der Waals surface area contributed by atoms with Crippen molar-refractivity contribution in [2.24, 2.45) is 0 Å². The van der Waals surface area contributed by atoms with Crippen LogP contribution in [0, 0.1) is 6.92 Å². The molecule has 0 amide bonds. The number of rotatable bonds is 4. The van der Waals surface area contributed by atoms with E-state index in [0.29, 0.717) is 0 Å². The molecular formula is C18H15N3OS. The Morgan fingerprint density at radius 1 is 1.09 bits per heavy atom. The fraction of sp³-hybridized carbons (Fsp3) is 0.111. The molecule has 4 rings (SSSR count). The Morgan fingerprint density at radius 3 is 2.74 bits per heavy atom. The summed E-state index contributed by atoms with van der Waals surface area (Å²) in [6.45, 7) is 2.03. The Morgan fingerprint density at radius 2 is 1.96 bits per heavy atom. The van der Waals surface area contributed by atoms with E-state index >= 15 is 0 Å². The number of hydrogen-bond acceptors (Lipinski definition) is 4. The van der Waals surface area contributed by atoms with Crippen molar-refractivity contribution < 1.29 is 4.42 Å². The van der Waals surface area contributed by atoms with Crippen molar-refractivity contribution in [2.45, 2.75) is 17.7 Å². The number of thioether (sulfide) groups is 1. The first-order valence-electron chi connectivity index (χ1n) is 7.37. The number of aromatic amines is 1. The second-order valence-corrected chi connectivity index (χ2v) is 6.27. The molecule has 3 aromatic heterocycles. The van der Waals surface area contributed by atoms with Gasteiger partial charge in [0, 0.05) is 11.3 Å². The third-order valence-electron chi connectivity index (χ3n) is 3.55. The maximum atomic E-state index is 5.42. The molecule has 0 aliphatic heterocycles. The van der Waals surface area contributed by atoms with Crippen LogP contribution in [0.15, 0.2) is 64.2 Å². The lowest BCUT2D eigenvalue weighted by Gasteiger charge is -2.05. The van der Waals surface area contributed by atoms with Crippen LogP contribution in [0.2, 0.25) is 0 Å². The zero-order valence-corrected chi connectivity index (χ0v) is 13.4. The van der Waals surface area contributed by atoms with Crippen molar-refractivity contribution in [3.8, 4) is 11.4 Å². The fourth-order valence-corrected chi connectivity index (χ4v) is 3.38. The predicted molar refractivity (Wildman–Crippen MR) is 92.3 cm³/mol. The highest BCUT2D eigenvalue weighted by Gasteiger charge is 2.12. The van der Waals surface area contributed by atoms with Gasteiger partial charge in [0.1, 0.15) is 16.4 Å². The van der Waals surface area contributed by atoms with E-state index in [2.05, 4.69) is 16.0 Å².